The molecule has 0 saturated heterocycles. The van der Waals surface area contributed by atoms with Gasteiger partial charge in [0.2, 0.25) is 5.91 Å². The van der Waals surface area contributed by atoms with Gasteiger partial charge in [-0.15, -0.1) is 0 Å². The highest BCUT2D eigenvalue weighted by molar-refractivity contribution is 5.77. The van der Waals surface area contributed by atoms with Crippen molar-refractivity contribution in [3.63, 3.8) is 0 Å². The van der Waals surface area contributed by atoms with Gasteiger partial charge in [0.15, 0.2) is 0 Å². The first-order valence-corrected chi connectivity index (χ1v) is 6.20. The van der Waals surface area contributed by atoms with Crippen LogP contribution in [-0.4, -0.2) is 23.2 Å². The van der Waals surface area contributed by atoms with Crippen LogP contribution in [0.15, 0.2) is 30.3 Å². The summed E-state index contributed by atoms with van der Waals surface area (Å²) < 4.78 is 0. The average molecular weight is 233 g/mol. The van der Waals surface area contributed by atoms with Crippen LogP contribution >= 0.6 is 0 Å². The number of amides is 1. The molecular weight excluding hydrogens is 214 g/mol. The zero-order valence-corrected chi connectivity index (χ0v) is 10.2. The van der Waals surface area contributed by atoms with E-state index in [-0.39, 0.29) is 11.8 Å². The van der Waals surface area contributed by atoms with Gasteiger partial charge in [-0.25, -0.2) is 5.06 Å². The molecule has 1 aromatic carbocycles. The molecule has 0 heterocycles. The number of benzene rings is 1. The van der Waals surface area contributed by atoms with Crippen molar-refractivity contribution in [3.8, 4) is 0 Å². The summed E-state index contributed by atoms with van der Waals surface area (Å²) >= 11 is 0. The van der Waals surface area contributed by atoms with Crippen molar-refractivity contribution in [2.24, 2.45) is 5.92 Å². The Morgan fingerprint density at radius 3 is 2.29 bits per heavy atom. The Morgan fingerprint density at radius 2 is 1.76 bits per heavy atom. The third-order valence-electron chi connectivity index (χ3n) is 3.67. The predicted octanol–water partition coefficient (Wildman–Crippen LogP) is 2.81. The van der Waals surface area contributed by atoms with Crippen LogP contribution in [0, 0.1) is 5.92 Å². The summed E-state index contributed by atoms with van der Waals surface area (Å²) in [6.45, 7) is 0. The molecule has 3 heteroatoms. The standard InChI is InChI=1S/C14H19NO2/c1-15(17)14(16)13-9-7-12(8-10-13)11-5-3-2-4-6-11/h2-6,12-13,17H,7-10H2,1H3. The Hall–Kier alpha value is -1.35. The average Bonchev–Trinajstić information content (AvgIpc) is 2.39. The van der Waals surface area contributed by atoms with Crippen LogP contribution in [0.4, 0.5) is 0 Å². The fourth-order valence-electron chi connectivity index (χ4n) is 2.66. The first-order chi connectivity index (χ1) is 8.18. The number of rotatable bonds is 2. The van der Waals surface area contributed by atoms with Gasteiger partial charge in [0.1, 0.15) is 0 Å². The van der Waals surface area contributed by atoms with E-state index < -0.39 is 0 Å². The van der Waals surface area contributed by atoms with Gasteiger partial charge in [-0.05, 0) is 37.2 Å². The van der Waals surface area contributed by atoms with Crippen molar-refractivity contribution < 1.29 is 10.0 Å². The Labute approximate surface area is 102 Å². The van der Waals surface area contributed by atoms with E-state index in [1.54, 1.807) is 0 Å². The van der Waals surface area contributed by atoms with Crippen molar-refractivity contribution in [2.75, 3.05) is 7.05 Å². The van der Waals surface area contributed by atoms with E-state index in [1.165, 1.54) is 12.6 Å². The van der Waals surface area contributed by atoms with Crippen molar-refractivity contribution in [1.82, 2.24) is 5.06 Å². The quantitative estimate of drug-likeness (QED) is 0.630. The number of hydrogen-bond acceptors (Lipinski definition) is 2. The molecule has 1 saturated carbocycles. The van der Waals surface area contributed by atoms with Gasteiger partial charge in [0.05, 0.1) is 0 Å². The first-order valence-electron chi connectivity index (χ1n) is 6.20. The Balaban J connectivity index is 1.93. The largest absolute Gasteiger partial charge is 0.286 e. The highest BCUT2D eigenvalue weighted by atomic mass is 16.5. The molecule has 2 rings (SSSR count). The molecule has 92 valence electrons. The Bertz CT molecular complexity index is 367. The second kappa shape index (κ2) is 5.32. The van der Waals surface area contributed by atoms with Gasteiger partial charge < -0.3 is 0 Å². The maximum absolute atomic E-state index is 11.6. The summed E-state index contributed by atoms with van der Waals surface area (Å²) in [4.78, 5) is 11.6. The summed E-state index contributed by atoms with van der Waals surface area (Å²) in [7, 11) is 1.41. The summed E-state index contributed by atoms with van der Waals surface area (Å²) in [6.07, 6.45) is 3.83. The zero-order valence-electron chi connectivity index (χ0n) is 10.2. The number of carbonyl (C=O) groups excluding carboxylic acids is 1. The van der Waals surface area contributed by atoms with Crippen molar-refractivity contribution >= 4 is 5.91 Å². The SMILES string of the molecule is CN(O)C(=O)C1CCC(c2ccccc2)CC1. The molecule has 0 atom stereocenters. The van der Waals surface area contributed by atoms with Crippen LogP contribution in [0.1, 0.15) is 37.2 Å². The van der Waals surface area contributed by atoms with Gasteiger partial charge in [-0.2, -0.15) is 0 Å². The summed E-state index contributed by atoms with van der Waals surface area (Å²) in [5, 5.41) is 9.87. The van der Waals surface area contributed by atoms with Crippen molar-refractivity contribution in [3.05, 3.63) is 35.9 Å². The topological polar surface area (TPSA) is 40.5 Å². The summed E-state index contributed by atoms with van der Waals surface area (Å²) in [6, 6.07) is 10.5. The van der Waals surface area contributed by atoms with E-state index in [4.69, 9.17) is 5.21 Å². The molecule has 1 fully saturated rings. The third kappa shape index (κ3) is 2.86. The van der Waals surface area contributed by atoms with E-state index in [1.807, 2.05) is 6.07 Å². The van der Waals surface area contributed by atoms with Gasteiger partial charge >= 0.3 is 0 Å². The molecule has 0 unspecified atom stereocenters. The summed E-state index contributed by atoms with van der Waals surface area (Å²) in [5.41, 5.74) is 1.37. The molecule has 1 amide bonds. The van der Waals surface area contributed by atoms with Crippen LogP contribution in [0.3, 0.4) is 0 Å². The number of hydroxylamine groups is 2. The van der Waals surface area contributed by atoms with Crippen LogP contribution in [-0.2, 0) is 4.79 Å². The van der Waals surface area contributed by atoms with Gasteiger partial charge in [-0.3, -0.25) is 10.0 Å². The number of nitrogens with zero attached hydrogens (tertiary/aromatic N) is 1. The lowest BCUT2D eigenvalue weighted by Crippen LogP contribution is -2.32. The lowest BCUT2D eigenvalue weighted by Gasteiger charge is -2.28. The van der Waals surface area contributed by atoms with E-state index in [2.05, 4.69) is 24.3 Å². The van der Waals surface area contributed by atoms with E-state index in [0.29, 0.717) is 5.92 Å². The molecular formula is C14H19NO2. The first kappa shape index (κ1) is 12.1. The zero-order chi connectivity index (χ0) is 12.3. The van der Waals surface area contributed by atoms with Gasteiger partial charge in [-0.1, -0.05) is 30.3 Å². The molecule has 0 aromatic heterocycles. The number of hydrogen-bond donors (Lipinski definition) is 1. The van der Waals surface area contributed by atoms with E-state index in [0.717, 1.165) is 30.7 Å². The molecule has 0 radical (unpaired) electrons. The molecule has 1 aliphatic rings. The molecule has 17 heavy (non-hydrogen) atoms. The Morgan fingerprint density at radius 1 is 1.18 bits per heavy atom. The molecule has 1 N–H and O–H groups in total. The maximum Gasteiger partial charge on any atom is 0.248 e. The van der Waals surface area contributed by atoms with E-state index in [9.17, 15) is 4.79 Å². The molecule has 0 spiro atoms. The fraction of sp³-hybridized carbons (Fsp3) is 0.500. The van der Waals surface area contributed by atoms with Gasteiger partial charge in [0.25, 0.3) is 0 Å². The molecule has 1 aliphatic carbocycles. The maximum atomic E-state index is 11.6. The van der Waals surface area contributed by atoms with Crippen molar-refractivity contribution in [1.29, 1.82) is 0 Å². The predicted molar refractivity (Wildman–Crippen MR) is 65.7 cm³/mol. The minimum absolute atomic E-state index is 0.00459. The lowest BCUT2D eigenvalue weighted by molar-refractivity contribution is -0.165. The fourth-order valence-corrected chi connectivity index (χ4v) is 2.66. The summed E-state index contributed by atoms with van der Waals surface area (Å²) in [5.74, 6) is 0.436. The molecule has 3 nitrogen and oxygen atoms in total. The smallest absolute Gasteiger partial charge is 0.248 e. The van der Waals surface area contributed by atoms with E-state index >= 15 is 0 Å². The normalized spacial score (nSPS) is 24.4. The second-order valence-electron chi connectivity index (χ2n) is 4.82. The lowest BCUT2D eigenvalue weighted by atomic mass is 9.78. The molecule has 0 bridgehead atoms. The minimum atomic E-state index is -0.142. The van der Waals surface area contributed by atoms with Gasteiger partial charge in [0, 0.05) is 13.0 Å². The molecule has 1 aromatic rings. The number of carbonyl (C=O) groups is 1. The van der Waals surface area contributed by atoms with Crippen LogP contribution in [0.25, 0.3) is 0 Å². The van der Waals surface area contributed by atoms with Crippen LogP contribution in [0.5, 0.6) is 0 Å². The van der Waals surface area contributed by atoms with Crippen LogP contribution in [0.2, 0.25) is 0 Å². The third-order valence-corrected chi connectivity index (χ3v) is 3.67. The highest BCUT2D eigenvalue weighted by Crippen LogP contribution is 2.36. The van der Waals surface area contributed by atoms with Crippen molar-refractivity contribution in [2.45, 2.75) is 31.6 Å². The minimum Gasteiger partial charge on any atom is -0.286 e. The second-order valence-corrected chi connectivity index (χ2v) is 4.82. The molecule has 0 aliphatic heterocycles. The monoisotopic (exact) mass is 233 g/mol. The Kier molecular flexibility index (Phi) is 3.79. The van der Waals surface area contributed by atoms with Crippen LogP contribution < -0.4 is 0 Å². The highest BCUT2D eigenvalue weighted by Gasteiger charge is 2.28.